The number of hydrogen-bond donors (Lipinski definition) is 1. The van der Waals surface area contributed by atoms with Gasteiger partial charge in [-0.05, 0) is 116 Å². The van der Waals surface area contributed by atoms with Crippen molar-refractivity contribution < 1.29 is 0 Å². The zero-order chi connectivity index (χ0) is 33.2. The summed E-state index contributed by atoms with van der Waals surface area (Å²) >= 11 is 0. The highest BCUT2D eigenvalue weighted by atomic mass is 15.2. The fourth-order valence-electron chi connectivity index (χ4n) is 6.78. The van der Waals surface area contributed by atoms with Crippen LogP contribution in [0, 0.1) is 0 Å². The van der Waals surface area contributed by atoms with Crippen molar-refractivity contribution in [1.82, 2.24) is 4.57 Å². The fourth-order valence-corrected chi connectivity index (χ4v) is 6.78. The summed E-state index contributed by atoms with van der Waals surface area (Å²) in [6, 6.07) is 62.1. The number of hydrogen-bond acceptors (Lipinski definition) is 3. The lowest BCUT2D eigenvalue weighted by Gasteiger charge is -2.28. The van der Waals surface area contributed by atoms with Crippen LogP contribution in [0.5, 0.6) is 0 Å². The smallest absolute Gasteiger partial charge is 0.0542 e. The van der Waals surface area contributed by atoms with Gasteiger partial charge in [-0.2, -0.15) is 0 Å². The van der Waals surface area contributed by atoms with E-state index in [2.05, 4.69) is 190 Å². The van der Waals surface area contributed by atoms with Gasteiger partial charge in [0.2, 0.25) is 0 Å². The third-order valence-electron chi connectivity index (χ3n) is 9.00. The van der Waals surface area contributed by atoms with Crippen LogP contribution in [-0.2, 0) is 0 Å². The number of allylic oxidation sites excluding steroid dienone is 1. The maximum atomic E-state index is 6.43. The Kier molecular flexibility index (Phi) is 7.88. The Morgan fingerprint density at radius 1 is 0.449 bits per heavy atom. The third kappa shape index (κ3) is 5.60. The number of nitrogen functional groups attached to an aromatic ring is 1. The van der Waals surface area contributed by atoms with E-state index in [-0.39, 0.29) is 0 Å². The molecule has 2 N–H and O–H groups in total. The lowest BCUT2D eigenvalue weighted by molar-refractivity contribution is 1.18. The van der Waals surface area contributed by atoms with Gasteiger partial charge in [0.15, 0.2) is 0 Å². The molecule has 0 unspecified atom stereocenters. The van der Waals surface area contributed by atoms with Crippen molar-refractivity contribution in [3.63, 3.8) is 0 Å². The molecule has 236 valence electrons. The Labute approximate surface area is 287 Å². The van der Waals surface area contributed by atoms with Crippen molar-refractivity contribution in [1.29, 1.82) is 0 Å². The molecule has 0 fully saturated rings. The summed E-state index contributed by atoms with van der Waals surface area (Å²) in [6.07, 6.45) is 4.09. The van der Waals surface area contributed by atoms with E-state index in [9.17, 15) is 0 Å². The second kappa shape index (κ2) is 12.9. The summed E-state index contributed by atoms with van der Waals surface area (Å²) in [4.78, 5) is 4.60. The predicted octanol–water partition coefficient (Wildman–Crippen LogP) is 12.3. The Balaban J connectivity index is 1.30. The van der Waals surface area contributed by atoms with Gasteiger partial charge in [0, 0.05) is 56.3 Å². The molecule has 0 aliphatic carbocycles. The lowest BCUT2D eigenvalue weighted by Crippen LogP contribution is -2.12. The predicted molar refractivity (Wildman–Crippen MR) is 209 cm³/mol. The van der Waals surface area contributed by atoms with E-state index in [1.807, 2.05) is 19.1 Å². The molecule has 49 heavy (non-hydrogen) atoms. The molecule has 0 saturated heterocycles. The van der Waals surface area contributed by atoms with Crippen molar-refractivity contribution in [2.75, 3.05) is 15.5 Å². The van der Waals surface area contributed by atoms with Crippen molar-refractivity contribution in [3.05, 3.63) is 188 Å². The number of aromatic nitrogens is 1. The molecule has 7 aromatic carbocycles. The average Bonchev–Trinajstić information content (AvgIpc) is 3.49. The first kappa shape index (κ1) is 29.9. The van der Waals surface area contributed by atoms with Gasteiger partial charge in [-0.15, -0.1) is 0 Å². The van der Waals surface area contributed by atoms with E-state index in [4.69, 9.17) is 5.73 Å². The summed E-state index contributed by atoms with van der Waals surface area (Å²) in [7, 11) is 0. The molecule has 0 amide bonds. The normalized spacial score (nSPS) is 11.4. The van der Waals surface area contributed by atoms with Crippen LogP contribution < -0.4 is 15.5 Å². The van der Waals surface area contributed by atoms with Crippen molar-refractivity contribution >= 4 is 67.7 Å². The van der Waals surface area contributed by atoms with E-state index in [1.165, 1.54) is 21.8 Å². The minimum absolute atomic E-state index is 0.750. The summed E-state index contributed by atoms with van der Waals surface area (Å²) < 4.78 is 2.35. The van der Waals surface area contributed by atoms with Crippen molar-refractivity contribution in [2.45, 2.75) is 6.92 Å². The molecular weight excluding hydrogens is 597 g/mol. The van der Waals surface area contributed by atoms with Crippen LogP contribution >= 0.6 is 0 Å². The fraction of sp³-hybridized carbons (Fsp3) is 0.0222. The number of rotatable bonds is 8. The molecule has 1 heterocycles. The third-order valence-corrected chi connectivity index (χ3v) is 9.00. The maximum Gasteiger partial charge on any atom is 0.0542 e. The molecule has 0 aliphatic heterocycles. The molecule has 0 bridgehead atoms. The minimum atomic E-state index is 0.750. The zero-order valence-corrected chi connectivity index (χ0v) is 27.3. The van der Waals surface area contributed by atoms with Gasteiger partial charge in [0.25, 0.3) is 0 Å². The van der Waals surface area contributed by atoms with E-state index < -0.39 is 0 Å². The number of nitrogens with zero attached hydrogens (tertiary/aromatic N) is 3. The van der Waals surface area contributed by atoms with E-state index in [0.29, 0.717) is 0 Å². The molecule has 1 aromatic heterocycles. The van der Waals surface area contributed by atoms with Crippen LogP contribution in [0.15, 0.2) is 182 Å². The van der Waals surface area contributed by atoms with Gasteiger partial charge in [0.1, 0.15) is 0 Å². The summed E-state index contributed by atoms with van der Waals surface area (Å²) in [6.45, 7) is 2.02. The van der Waals surface area contributed by atoms with Gasteiger partial charge < -0.3 is 20.1 Å². The quantitative estimate of drug-likeness (QED) is 0.169. The second-order valence-corrected chi connectivity index (χ2v) is 12.1. The number of nitrogens with two attached hydrogens (primary N) is 1. The number of fused-ring (bicyclic) bond motifs is 3. The summed E-state index contributed by atoms with van der Waals surface area (Å²) in [5, 5.41) is 2.41. The maximum absolute atomic E-state index is 6.43. The SMILES string of the molecule is C/C=C\c1cc(N(c2ccc(N(c3ccccc3)c3ccccc3)cc2)c2ccc3c(c2)c2ccccc2n3-c2ccccc2)ccc1N. The topological polar surface area (TPSA) is 37.4 Å². The average molecular weight is 633 g/mol. The monoisotopic (exact) mass is 632 g/mol. The first-order valence-electron chi connectivity index (χ1n) is 16.6. The van der Waals surface area contributed by atoms with Gasteiger partial charge >= 0.3 is 0 Å². The lowest BCUT2D eigenvalue weighted by atomic mass is 10.1. The zero-order valence-electron chi connectivity index (χ0n) is 27.3. The Morgan fingerprint density at radius 2 is 0.918 bits per heavy atom. The summed E-state index contributed by atoms with van der Waals surface area (Å²) in [5.41, 5.74) is 18.1. The Morgan fingerprint density at radius 3 is 1.55 bits per heavy atom. The van der Waals surface area contributed by atoms with E-state index in [1.54, 1.807) is 0 Å². The first-order valence-corrected chi connectivity index (χ1v) is 16.6. The van der Waals surface area contributed by atoms with Crippen LogP contribution in [0.4, 0.5) is 39.8 Å². The Hall–Kier alpha value is -6.52. The molecule has 0 aliphatic rings. The molecular formula is C45H36N4. The first-order chi connectivity index (χ1) is 24.2. The molecule has 8 aromatic rings. The largest absolute Gasteiger partial charge is 0.398 e. The molecule has 0 radical (unpaired) electrons. The van der Waals surface area contributed by atoms with Crippen LogP contribution in [0.1, 0.15) is 12.5 Å². The van der Waals surface area contributed by atoms with Crippen LogP contribution in [-0.4, -0.2) is 4.57 Å². The van der Waals surface area contributed by atoms with E-state index in [0.717, 1.165) is 51.1 Å². The van der Waals surface area contributed by atoms with Gasteiger partial charge in [-0.25, -0.2) is 0 Å². The van der Waals surface area contributed by atoms with Gasteiger partial charge in [-0.1, -0.05) is 84.9 Å². The molecule has 0 saturated carbocycles. The minimum Gasteiger partial charge on any atom is -0.398 e. The number of anilines is 7. The Bertz CT molecular complexity index is 2350. The number of para-hydroxylation sites is 4. The van der Waals surface area contributed by atoms with Gasteiger partial charge in [-0.3, -0.25) is 0 Å². The standard InChI is InChI=1S/C45H36N4/c1-2-14-33-31-39(27-29-43(33)46)48(38-25-23-37(24-26-38)47(34-15-6-3-7-16-34)35-17-8-4-9-18-35)40-28-30-45-42(32-40)41-21-12-13-22-44(41)49(45)36-19-10-5-11-20-36/h2-32H,46H2,1H3/b14-2-. The highest BCUT2D eigenvalue weighted by Gasteiger charge is 2.19. The second-order valence-electron chi connectivity index (χ2n) is 12.1. The molecule has 4 heteroatoms. The van der Waals surface area contributed by atoms with Crippen molar-refractivity contribution in [3.8, 4) is 5.69 Å². The highest BCUT2D eigenvalue weighted by molar-refractivity contribution is 6.10. The molecule has 4 nitrogen and oxygen atoms in total. The summed E-state index contributed by atoms with van der Waals surface area (Å²) in [5.74, 6) is 0. The van der Waals surface area contributed by atoms with Crippen molar-refractivity contribution in [2.24, 2.45) is 0 Å². The van der Waals surface area contributed by atoms with E-state index >= 15 is 0 Å². The highest BCUT2D eigenvalue weighted by Crippen LogP contribution is 2.42. The van der Waals surface area contributed by atoms with Crippen LogP contribution in [0.25, 0.3) is 33.6 Å². The molecule has 0 atom stereocenters. The van der Waals surface area contributed by atoms with Gasteiger partial charge in [0.05, 0.1) is 11.0 Å². The molecule has 8 rings (SSSR count). The van der Waals surface area contributed by atoms with Crippen LogP contribution in [0.3, 0.4) is 0 Å². The van der Waals surface area contributed by atoms with Crippen LogP contribution in [0.2, 0.25) is 0 Å². The number of benzene rings is 7. The molecule has 0 spiro atoms.